The van der Waals surface area contributed by atoms with Crippen LogP contribution in [0.2, 0.25) is 22.3 Å². The molecule has 1 unspecified atom stereocenters. The Labute approximate surface area is 146 Å². The van der Waals surface area contributed by atoms with Crippen molar-refractivity contribution in [2.45, 2.75) is 34.6 Å². The average molecular weight is 428 g/mol. The van der Waals surface area contributed by atoms with Gasteiger partial charge in [0.1, 0.15) is 0 Å². The summed E-state index contributed by atoms with van der Waals surface area (Å²) in [6.45, 7) is -0.119. The quantitative estimate of drug-likeness (QED) is 0.345. The van der Waals surface area contributed by atoms with Gasteiger partial charge in [-0.2, -0.15) is 0 Å². The molecule has 0 aromatic heterocycles. The van der Waals surface area contributed by atoms with Gasteiger partial charge in [0.05, 0.1) is 0 Å². The minimum atomic E-state index is -4.80. The van der Waals surface area contributed by atoms with Crippen molar-refractivity contribution in [1.82, 2.24) is 0 Å². The Bertz CT molecular complexity index is 616. The third kappa shape index (κ3) is 6.08. The summed E-state index contributed by atoms with van der Waals surface area (Å²) in [5, 5.41) is 11.8. The van der Waals surface area contributed by atoms with Gasteiger partial charge in [-0.3, -0.25) is 0 Å². The van der Waals surface area contributed by atoms with Gasteiger partial charge >= 0.3 is 146 Å². The van der Waals surface area contributed by atoms with Gasteiger partial charge in [0.2, 0.25) is 0 Å². The van der Waals surface area contributed by atoms with Crippen molar-refractivity contribution < 1.29 is 32.3 Å². The van der Waals surface area contributed by atoms with Crippen LogP contribution < -0.4 is 9.47 Å². The van der Waals surface area contributed by atoms with E-state index in [4.69, 9.17) is 14.2 Å². The third-order valence-electron chi connectivity index (χ3n) is 3.36. The molecule has 0 aliphatic rings. The predicted octanol–water partition coefficient (Wildman–Crippen LogP) is 4.57. The van der Waals surface area contributed by atoms with E-state index in [0.29, 0.717) is 5.21 Å². The van der Waals surface area contributed by atoms with Crippen LogP contribution in [-0.2, 0) is 4.74 Å². The molecular formula is C15H22AsF3NO5+. The molecule has 25 heavy (non-hydrogen) atoms. The van der Waals surface area contributed by atoms with Crippen molar-refractivity contribution in [2.75, 3.05) is 20.8 Å². The average Bonchev–Trinajstić information content (AvgIpc) is 2.47. The number of methoxy groups -OCH3 is 2. The molecule has 0 bridgehead atoms. The van der Waals surface area contributed by atoms with Gasteiger partial charge in [0, 0.05) is 0 Å². The molecular weight excluding hydrogens is 406 g/mol. The summed E-state index contributed by atoms with van der Waals surface area (Å²) in [7, 11) is 2.48. The minimum absolute atomic E-state index is 0.0252. The molecule has 0 radical (unpaired) electrons. The fourth-order valence-electron chi connectivity index (χ4n) is 2.06. The second-order valence-corrected chi connectivity index (χ2v) is 16.9. The van der Waals surface area contributed by atoms with Gasteiger partial charge in [0.25, 0.3) is 0 Å². The molecule has 0 spiro atoms. The molecule has 1 aromatic carbocycles. The molecule has 0 fully saturated rings. The van der Waals surface area contributed by atoms with Crippen LogP contribution in [0.15, 0.2) is 12.1 Å². The predicted molar refractivity (Wildman–Crippen MR) is 89.1 cm³/mol. The van der Waals surface area contributed by atoms with Crippen LogP contribution in [-0.4, -0.2) is 45.5 Å². The Morgan fingerprint density at radius 1 is 1.16 bits per heavy atom. The normalized spacial score (nSPS) is 13.4. The fraction of sp³-hybridized carbons (Fsp3) is 0.600. The molecule has 1 rings (SSSR count). The molecule has 0 aliphatic carbocycles. The van der Waals surface area contributed by atoms with E-state index in [9.17, 15) is 23.3 Å². The number of alkyl halides is 3. The number of nitrogens with zero attached hydrogens (tertiary/aromatic N) is 1. The second-order valence-electron chi connectivity index (χ2n) is 6.33. The zero-order valence-corrected chi connectivity index (χ0v) is 16.6. The van der Waals surface area contributed by atoms with Gasteiger partial charge in [-0.1, -0.05) is 0 Å². The molecule has 142 valence electrons. The first-order valence-corrected chi connectivity index (χ1v) is 14.3. The molecule has 0 aliphatic heterocycles. The zero-order chi connectivity index (χ0) is 19.4. The number of hydrogen-bond acceptors (Lipinski definition) is 5. The molecule has 0 saturated heterocycles. The first-order valence-electron chi connectivity index (χ1n) is 7.29. The van der Waals surface area contributed by atoms with Gasteiger partial charge in [0.15, 0.2) is 0 Å². The van der Waals surface area contributed by atoms with Crippen LogP contribution in [0.25, 0.3) is 0 Å². The summed E-state index contributed by atoms with van der Waals surface area (Å²) in [4.78, 5) is 10.4. The van der Waals surface area contributed by atoms with Gasteiger partial charge < -0.3 is 0 Å². The Morgan fingerprint density at radius 2 is 1.68 bits per heavy atom. The number of hydrogen-bond donors (Lipinski definition) is 0. The van der Waals surface area contributed by atoms with E-state index in [1.165, 1.54) is 14.2 Å². The first-order chi connectivity index (χ1) is 11.4. The molecule has 0 N–H and O–H groups in total. The van der Waals surface area contributed by atoms with Crippen LogP contribution in [0, 0.1) is 10.1 Å². The molecule has 6 nitrogen and oxygen atoms in total. The van der Waals surface area contributed by atoms with Crippen LogP contribution in [0.4, 0.5) is 18.9 Å². The number of halogens is 3. The van der Waals surface area contributed by atoms with E-state index in [1.54, 1.807) is 0 Å². The number of nitro groups is 1. The van der Waals surface area contributed by atoms with Crippen molar-refractivity contribution in [3.05, 3.63) is 27.8 Å². The van der Waals surface area contributed by atoms with E-state index in [2.05, 4.69) is 0 Å². The van der Waals surface area contributed by atoms with Crippen molar-refractivity contribution in [3.63, 3.8) is 0 Å². The van der Waals surface area contributed by atoms with Crippen molar-refractivity contribution in [1.29, 1.82) is 0 Å². The maximum absolute atomic E-state index is 13.5. The van der Waals surface area contributed by atoms with Crippen molar-refractivity contribution in [2.24, 2.45) is 0 Å². The molecule has 0 heterocycles. The summed E-state index contributed by atoms with van der Waals surface area (Å²) >= 11 is -1.95. The van der Waals surface area contributed by atoms with Gasteiger partial charge in [-0.25, -0.2) is 0 Å². The maximum atomic E-state index is 13.5. The first kappa shape index (κ1) is 21.6. The zero-order valence-electron chi connectivity index (χ0n) is 14.7. The van der Waals surface area contributed by atoms with E-state index in [-0.39, 0.29) is 18.1 Å². The van der Waals surface area contributed by atoms with E-state index >= 15 is 0 Å². The van der Waals surface area contributed by atoms with Crippen LogP contribution in [0.3, 0.4) is 0 Å². The van der Waals surface area contributed by atoms with Crippen molar-refractivity contribution in [3.8, 4) is 11.5 Å². The Kier molecular flexibility index (Phi) is 7.14. The molecule has 1 atom stereocenters. The summed E-state index contributed by atoms with van der Waals surface area (Å²) < 4.78 is 55.4. The van der Waals surface area contributed by atoms with Crippen LogP contribution in [0.5, 0.6) is 11.5 Å². The Hall–Kier alpha value is -1.47. The summed E-state index contributed by atoms with van der Waals surface area (Å²) in [5.41, 5.74) is 4.76. The molecule has 0 saturated carbocycles. The molecule has 0 amide bonds. The number of benzene rings is 1. The summed E-state index contributed by atoms with van der Waals surface area (Å²) in [6, 6.07) is 1.86. The van der Waals surface area contributed by atoms with E-state index in [1.807, 2.05) is 17.1 Å². The van der Waals surface area contributed by atoms with E-state index in [0.717, 1.165) is 12.1 Å². The van der Waals surface area contributed by atoms with E-state index < -0.39 is 42.0 Å². The van der Waals surface area contributed by atoms with Gasteiger partial charge in [-0.05, 0) is 0 Å². The number of rotatable bonds is 8. The van der Waals surface area contributed by atoms with Crippen LogP contribution in [0.1, 0.15) is 11.7 Å². The second kappa shape index (κ2) is 8.27. The summed E-state index contributed by atoms with van der Waals surface area (Å²) in [5.74, 6) is -0.0592. The molecule has 10 heteroatoms. The standard InChI is InChI=1S/C15H22AsF3NO5/c1-16(2,3)6-7-25-14(15(17,18)19)10-8-12(23-4)13(24-5)9-11(10)20(21)22/h8-9,14H,6-7H2,1-5H3/q+1. The monoisotopic (exact) mass is 428 g/mol. The van der Waals surface area contributed by atoms with Gasteiger partial charge in [-0.15, -0.1) is 0 Å². The molecule has 1 aromatic rings. The summed E-state index contributed by atoms with van der Waals surface area (Å²) in [6.07, 6.45) is -7.21. The number of ether oxygens (including phenoxy) is 3. The topological polar surface area (TPSA) is 70.8 Å². The van der Waals surface area contributed by atoms with Crippen molar-refractivity contribution >= 4 is 19.2 Å². The third-order valence-corrected chi connectivity index (χ3v) is 6.55. The fourth-order valence-corrected chi connectivity index (χ4v) is 3.43. The SMILES string of the molecule is COc1cc(C(OCC[As+](C)(C)C)C(F)(F)F)c([N+](=O)[O-])cc1OC. The Balaban J connectivity index is 3.35. The van der Waals surface area contributed by atoms with Crippen LogP contribution >= 0.6 is 0 Å². The Morgan fingerprint density at radius 3 is 2.08 bits per heavy atom. The number of nitro benzene ring substituents is 1.